The first-order valence-corrected chi connectivity index (χ1v) is 16.2. The Kier molecular flexibility index (Phi) is 9.82. The van der Waals surface area contributed by atoms with Gasteiger partial charge in [-0.1, -0.05) is 47.2 Å². The van der Waals surface area contributed by atoms with Crippen molar-refractivity contribution in [1.82, 2.24) is 4.57 Å². The molecule has 0 saturated carbocycles. The number of fused-ring (bicyclic) bond motifs is 1. The number of thiazole rings is 1. The Balaban J connectivity index is 1.53. The lowest BCUT2D eigenvalue weighted by molar-refractivity contribution is -0.143. The smallest absolute Gasteiger partial charge is 0.338 e. The third-order valence-electron chi connectivity index (χ3n) is 7.79. The molecule has 0 bridgehead atoms. The zero-order chi connectivity index (χ0) is 33.1. The Morgan fingerprint density at radius 3 is 2.30 bits per heavy atom. The molecule has 4 aromatic rings. The van der Waals surface area contributed by atoms with E-state index in [4.69, 9.17) is 23.9 Å². The van der Waals surface area contributed by atoms with E-state index in [1.165, 1.54) is 28.0 Å². The molecular weight excluding hydrogens is 600 g/mol. The average molecular weight is 641 g/mol. The van der Waals surface area contributed by atoms with Gasteiger partial charge in [-0.05, 0) is 107 Å². The van der Waals surface area contributed by atoms with Gasteiger partial charge < -0.3 is 18.9 Å². The molecule has 1 atom stereocenters. The number of carbonyl (C=O) groups excluding carboxylic acids is 1. The predicted molar refractivity (Wildman–Crippen MR) is 181 cm³/mol. The fourth-order valence-electron chi connectivity index (χ4n) is 5.72. The average Bonchev–Trinajstić information content (AvgIpc) is 3.30. The van der Waals surface area contributed by atoms with Crippen LogP contribution in [0, 0.1) is 20.8 Å². The van der Waals surface area contributed by atoms with Gasteiger partial charge >= 0.3 is 5.97 Å². The van der Waals surface area contributed by atoms with E-state index in [0.29, 0.717) is 51.1 Å². The van der Waals surface area contributed by atoms with E-state index >= 15 is 0 Å². The topological polar surface area (TPSA) is 88.4 Å². The molecule has 0 fully saturated rings. The van der Waals surface area contributed by atoms with Gasteiger partial charge in [0, 0.05) is 0 Å². The normalized spacial score (nSPS) is 14.6. The van der Waals surface area contributed by atoms with Crippen molar-refractivity contribution in [3.8, 4) is 17.2 Å². The summed E-state index contributed by atoms with van der Waals surface area (Å²) < 4.78 is 25.2. The minimum Gasteiger partial charge on any atom is -0.494 e. The summed E-state index contributed by atoms with van der Waals surface area (Å²) >= 11 is 1.27. The molecule has 3 aromatic carbocycles. The van der Waals surface area contributed by atoms with Gasteiger partial charge in [0.2, 0.25) is 0 Å². The van der Waals surface area contributed by atoms with E-state index in [2.05, 4.69) is 32.9 Å². The summed E-state index contributed by atoms with van der Waals surface area (Å²) in [5.41, 5.74) is 6.85. The van der Waals surface area contributed by atoms with Crippen LogP contribution in [0.4, 0.5) is 0 Å². The van der Waals surface area contributed by atoms with Gasteiger partial charge in [0.15, 0.2) is 16.3 Å². The standard InChI is InChI=1S/C37H40N2O6S/c1-9-43-28-13-11-27(12-14-28)34-33(36(41)45-21(2)3)25(7)38-37-39(34)35(40)32(46-37)19-26-10-15-30(31(18-26)42-8)44-20-29-23(5)16-22(4)17-24(29)6/h10-19,21,34H,9,20H2,1-8H3/b32-19+/t34-/m0/s1. The summed E-state index contributed by atoms with van der Waals surface area (Å²) in [6.45, 7) is 14.5. The first-order valence-electron chi connectivity index (χ1n) is 15.3. The van der Waals surface area contributed by atoms with E-state index in [-0.39, 0.29) is 11.7 Å². The maximum atomic E-state index is 14.1. The van der Waals surface area contributed by atoms with E-state index < -0.39 is 12.0 Å². The number of benzene rings is 3. The number of hydrogen-bond donors (Lipinski definition) is 0. The Morgan fingerprint density at radius 1 is 0.978 bits per heavy atom. The second kappa shape index (κ2) is 13.8. The fourth-order valence-corrected chi connectivity index (χ4v) is 6.77. The Bertz CT molecular complexity index is 1960. The SMILES string of the molecule is CCOc1ccc([C@H]2C(C(=O)OC(C)C)=C(C)N=c3s/c(=C/c4ccc(OCc5c(C)cc(C)cc5C)c(OC)c4)c(=O)n32)cc1. The van der Waals surface area contributed by atoms with Crippen LogP contribution in [0.3, 0.4) is 0 Å². The molecule has 5 rings (SSSR count). The van der Waals surface area contributed by atoms with Crippen molar-refractivity contribution in [2.75, 3.05) is 13.7 Å². The van der Waals surface area contributed by atoms with Gasteiger partial charge in [-0.25, -0.2) is 9.79 Å². The zero-order valence-corrected chi connectivity index (χ0v) is 28.4. The Morgan fingerprint density at radius 2 is 1.67 bits per heavy atom. The second-order valence-corrected chi connectivity index (χ2v) is 12.6. The third kappa shape index (κ3) is 6.79. The molecule has 0 amide bonds. The van der Waals surface area contributed by atoms with E-state index in [1.807, 2.05) is 55.5 Å². The maximum absolute atomic E-state index is 14.1. The Labute approximate surface area is 273 Å². The van der Waals surface area contributed by atoms with Gasteiger partial charge in [-0.15, -0.1) is 0 Å². The first-order chi connectivity index (χ1) is 22.0. The van der Waals surface area contributed by atoms with Gasteiger partial charge in [0.05, 0.1) is 41.7 Å². The molecule has 1 aromatic heterocycles. The molecule has 46 heavy (non-hydrogen) atoms. The maximum Gasteiger partial charge on any atom is 0.338 e. The largest absolute Gasteiger partial charge is 0.494 e. The van der Waals surface area contributed by atoms with Gasteiger partial charge in [-0.3, -0.25) is 9.36 Å². The van der Waals surface area contributed by atoms with Gasteiger partial charge in [0.25, 0.3) is 5.56 Å². The number of allylic oxidation sites excluding steroid dienone is 1. The summed E-state index contributed by atoms with van der Waals surface area (Å²) in [4.78, 5) is 32.6. The second-order valence-electron chi connectivity index (χ2n) is 11.6. The van der Waals surface area contributed by atoms with Crippen LogP contribution in [-0.2, 0) is 16.1 Å². The molecule has 0 unspecified atom stereocenters. The van der Waals surface area contributed by atoms with E-state index in [9.17, 15) is 9.59 Å². The van der Waals surface area contributed by atoms with Crippen molar-refractivity contribution in [1.29, 1.82) is 0 Å². The minimum absolute atomic E-state index is 0.255. The summed E-state index contributed by atoms with van der Waals surface area (Å²) in [6.07, 6.45) is 1.48. The number of hydrogen-bond acceptors (Lipinski definition) is 8. The number of carbonyl (C=O) groups is 1. The molecule has 1 aliphatic rings. The fraction of sp³-hybridized carbons (Fsp3) is 0.324. The van der Waals surface area contributed by atoms with Gasteiger partial charge in [-0.2, -0.15) is 0 Å². The molecule has 1 aliphatic heterocycles. The number of aromatic nitrogens is 1. The monoisotopic (exact) mass is 640 g/mol. The highest BCUT2D eigenvalue weighted by Crippen LogP contribution is 2.33. The molecule has 9 heteroatoms. The number of rotatable bonds is 10. The molecule has 0 radical (unpaired) electrons. The van der Waals surface area contributed by atoms with Crippen LogP contribution in [0.2, 0.25) is 0 Å². The van der Waals surface area contributed by atoms with Crippen molar-refractivity contribution in [2.45, 2.75) is 67.2 Å². The van der Waals surface area contributed by atoms with Crippen molar-refractivity contribution >= 4 is 23.4 Å². The molecule has 240 valence electrons. The highest BCUT2D eigenvalue weighted by Gasteiger charge is 2.33. The number of esters is 1. The molecule has 0 saturated heterocycles. The highest BCUT2D eigenvalue weighted by molar-refractivity contribution is 7.07. The lowest BCUT2D eigenvalue weighted by atomic mass is 9.96. The third-order valence-corrected chi connectivity index (χ3v) is 8.77. The van der Waals surface area contributed by atoms with Crippen LogP contribution in [0.5, 0.6) is 17.2 Å². The number of nitrogens with zero attached hydrogens (tertiary/aromatic N) is 2. The van der Waals surface area contributed by atoms with Crippen LogP contribution in [0.1, 0.15) is 67.1 Å². The summed E-state index contributed by atoms with van der Waals surface area (Å²) in [7, 11) is 1.60. The van der Waals surface area contributed by atoms with Crippen LogP contribution in [-0.4, -0.2) is 30.4 Å². The summed E-state index contributed by atoms with van der Waals surface area (Å²) in [6, 6.07) is 16.6. The van der Waals surface area contributed by atoms with Crippen LogP contribution in [0.25, 0.3) is 6.08 Å². The molecule has 2 heterocycles. The van der Waals surface area contributed by atoms with Crippen molar-refractivity contribution in [3.63, 3.8) is 0 Å². The lowest BCUT2D eigenvalue weighted by Crippen LogP contribution is -2.40. The van der Waals surface area contributed by atoms with Crippen molar-refractivity contribution in [2.24, 2.45) is 4.99 Å². The highest BCUT2D eigenvalue weighted by atomic mass is 32.1. The summed E-state index contributed by atoms with van der Waals surface area (Å²) in [5.74, 6) is 1.38. The minimum atomic E-state index is -0.709. The van der Waals surface area contributed by atoms with Crippen molar-refractivity contribution < 1.29 is 23.7 Å². The van der Waals surface area contributed by atoms with E-state index in [0.717, 1.165) is 16.7 Å². The number of aryl methyl sites for hydroxylation is 3. The Hall–Kier alpha value is -4.63. The molecule has 0 aliphatic carbocycles. The molecular formula is C37H40N2O6S. The molecule has 8 nitrogen and oxygen atoms in total. The molecule has 0 N–H and O–H groups in total. The van der Waals surface area contributed by atoms with Crippen LogP contribution in [0.15, 0.2) is 75.7 Å². The molecule has 0 spiro atoms. The van der Waals surface area contributed by atoms with Crippen LogP contribution < -0.4 is 29.1 Å². The van der Waals surface area contributed by atoms with E-state index in [1.54, 1.807) is 32.4 Å². The van der Waals surface area contributed by atoms with Gasteiger partial charge in [0.1, 0.15) is 12.4 Å². The first kappa shape index (κ1) is 32.8. The number of methoxy groups -OCH3 is 1. The van der Waals surface area contributed by atoms with Crippen LogP contribution >= 0.6 is 11.3 Å². The summed E-state index contributed by atoms with van der Waals surface area (Å²) in [5, 5.41) is 0. The number of ether oxygens (including phenoxy) is 4. The van der Waals surface area contributed by atoms with Crippen molar-refractivity contribution in [3.05, 3.63) is 119 Å². The quantitative estimate of drug-likeness (QED) is 0.195. The zero-order valence-electron chi connectivity index (χ0n) is 27.6. The predicted octanol–water partition coefficient (Wildman–Crippen LogP) is 6.10. The lowest BCUT2D eigenvalue weighted by Gasteiger charge is -2.25.